The van der Waals surface area contributed by atoms with Gasteiger partial charge in [0.25, 0.3) is 0 Å². The topological polar surface area (TPSA) is 37.4 Å². The van der Waals surface area contributed by atoms with Gasteiger partial charge in [-0.25, -0.2) is 8.42 Å². The highest BCUT2D eigenvalue weighted by Gasteiger charge is 2.21. The Morgan fingerprint density at radius 2 is 2.20 bits per heavy atom. The molecule has 1 fully saturated rings. The third kappa shape index (κ3) is 5.73. The minimum absolute atomic E-state index is 0.101. The maximum Gasteiger partial charge on any atom is 0.232 e. The number of likely N-dealkylation sites (tertiary alicyclic amines) is 1. The van der Waals surface area contributed by atoms with Gasteiger partial charge in [0.15, 0.2) is 0 Å². The molecule has 1 saturated heterocycles. The molecule has 1 aliphatic rings. The second-order valence-corrected chi connectivity index (χ2v) is 7.24. The van der Waals surface area contributed by atoms with Crippen molar-refractivity contribution in [2.24, 2.45) is 5.92 Å². The van der Waals surface area contributed by atoms with Crippen molar-refractivity contribution in [1.82, 2.24) is 4.90 Å². The van der Waals surface area contributed by atoms with Crippen LogP contribution < -0.4 is 0 Å². The van der Waals surface area contributed by atoms with Crippen LogP contribution in [0.3, 0.4) is 0 Å². The molecular weight excluding hydrogens is 234 g/mol. The van der Waals surface area contributed by atoms with E-state index in [9.17, 15) is 8.42 Å². The molecule has 0 aromatic carbocycles. The lowest BCUT2D eigenvalue weighted by Crippen LogP contribution is -2.23. The summed E-state index contributed by atoms with van der Waals surface area (Å²) >= 11 is 0. The van der Waals surface area contributed by atoms with E-state index in [1.54, 1.807) is 0 Å². The fourth-order valence-electron chi connectivity index (χ4n) is 2.22. The van der Waals surface area contributed by atoms with Crippen molar-refractivity contribution >= 4 is 19.7 Å². The van der Waals surface area contributed by atoms with E-state index in [-0.39, 0.29) is 5.75 Å². The van der Waals surface area contributed by atoms with Crippen LogP contribution in [-0.4, -0.2) is 38.7 Å². The first-order valence-corrected chi connectivity index (χ1v) is 8.14. The summed E-state index contributed by atoms with van der Waals surface area (Å²) in [7, 11) is 1.86. The van der Waals surface area contributed by atoms with Gasteiger partial charge < -0.3 is 4.90 Å². The van der Waals surface area contributed by atoms with Crippen molar-refractivity contribution in [1.29, 1.82) is 0 Å². The smallest absolute Gasteiger partial charge is 0.232 e. The summed E-state index contributed by atoms with van der Waals surface area (Å²) in [5.41, 5.74) is 0. The number of hydrogen-bond acceptors (Lipinski definition) is 3. The average Bonchev–Trinajstić information content (AvgIpc) is 2.51. The molecule has 1 heterocycles. The van der Waals surface area contributed by atoms with Gasteiger partial charge in [-0.05, 0) is 38.3 Å². The van der Waals surface area contributed by atoms with Crippen LogP contribution in [0.4, 0.5) is 0 Å². The number of nitrogens with zero attached hydrogens (tertiary/aromatic N) is 1. The first-order chi connectivity index (χ1) is 7.01. The Morgan fingerprint density at radius 3 is 2.80 bits per heavy atom. The molecule has 90 valence electrons. The second kappa shape index (κ2) is 6.06. The predicted molar refractivity (Wildman–Crippen MR) is 63.7 cm³/mol. The summed E-state index contributed by atoms with van der Waals surface area (Å²) in [5.74, 6) is 0.923. The molecule has 0 saturated carbocycles. The lowest BCUT2D eigenvalue weighted by molar-refractivity contribution is 0.321. The van der Waals surface area contributed by atoms with Crippen molar-refractivity contribution in [2.45, 2.75) is 32.6 Å². The Morgan fingerprint density at radius 1 is 1.47 bits per heavy atom. The number of rotatable bonds is 6. The van der Waals surface area contributed by atoms with Gasteiger partial charge in [0.05, 0.1) is 5.75 Å². The molecule has 1 aliphatic heterocycles. The quantitative estimate of drug-likeness (QED) is 0.680. The van der Waals surface area contributed by atoms with E-state index in [2.05, 4.69) is 11.8 Å². The monoisotopic (exact) mass is 253 g/mol. The van der Waals surface area contributed by atoms with Crippen LogP contribution in [-0.2, 0) is 9.05 Å². The molecule has 5 heteroatoms. The van der Waals surface area contributed by atoms with Crippen LogP contribution in [0.1, 0.15) is 32.6 Å². The van der Waals surface area contributed by atoms with Crippen LogP contribution in [0.15, 0.2) is 0 Å². The third-order valence-corrected chi connectivity index (χ3v) is 4.17. The minimum atomic E-state index is -3.29. The molecule has 0 spiro atoms. The standard InChI is InChI=1S/C10H20ClNO2S/c1-2-4-10-5-7-12(9-10)6-3-8-15(11,13)14/h10H,2-9H2,1H3. The summed E-state index contributed by atoms with van der Waals surface area (Å²) in [5, 5.41) is 0. The fourth-order valence-corrected chi connectivity index (χ4v) is 3.02. The lowest BCUT2D eigenvalue weighted by Gasteiger charge is -2.14. The van der Waals surface area contributed by atoms with Crippen molar-refractivity contribution in [2.75, 3.05) is 25.4 Å². The Kier molecular flexibility index (Phi) is 5.36. The average molecular weight is 254 g/mol. The minimum Gasteiger partial charge on any atom is -0.303 e. The second-order valence-electron chi connectivity index (χ2n) is 4.34. The normalized spacial score (nSPS) is 23.5. The van der Waals surface area contributed by atoms with Gasteiger partial charge in [-0.15, -0.1) is 0 Å². The molecule has 0 bridgehead atoms. The summed E-state index contributed by atoms with van der Waals surface area (Å²) in [4.78, 5) is 2.35. The van der Waals surface area contributed by atoms with Crippen LogP contribution in [0, 0.1) is 5.92 Å². The third-order valence-electron chi connectivity index (χ3n) is 2.93. The molecule has 0 aromatic rings. The largest absolute Gasteiger partial charge is 0.303 e. The molecule has 0 radical (unpaired) electrons. The molecule has 1 unspecified atom stereocenters. The molecule has 1 rings (SSSR count). The van der Waals surface area contributed by atoms with E-state index in [0.717, 1.165) is 25.6 Å². The fraction of sp³-hybridized carbons (Fsp3) is 1.00. The van der Waals surface area contributed by atoms with E-state index in [1.807, 2.05) is 0 Å². The SMILES string of the molecule is CCCC1CCN(CCCS(=O)(=O)Cl)C1. The Bertz CT molecular complexity index is 279. The van der Waals surface area contributed by atoms with Crippen molar-refractivity contribution in [3.8, 4) is 0 Å². The van der Waals surface area contributed by atoms with E-state index >= 15 is 0 Å². The molecule has 0 aromatic heterocycles. The van der Waals surface area contributed by atoms with E-state index in [4.69, 9.17) is 10.7 Å². The predicted octanol–water partition coefficient (Wildman–Crippen LogP) is 2.07. The van der Waals surface area contributed by atoms with Crippen molar-refractivity contribution in [3.63, 3.8) is 0 Å². The molecule has 0 amide bonds. The van der Waals surface area contributed by atoms with Crippen LogP contribution in [0.5, 0.6) is 0 Å². The zero-order valence-corrected chi connectivity index (χ0v) is 10.9. The Balaban J connectivity index is 2.14. The Hall–Kier alpha value is 0.200. The summed E-state index contributed by atoms with van der Waals surface area (Å²) in [6, 6.07) is 0. The van der Waals surface area contributed by atoms with Crippen LogP contribution in [0.2, 0.25) is 0 Å². The van der Waals surface area contributed by atoms with Gasteiger partial charge in [0.1, 0.15) is 0 Å². The van der Waals surface area contributed by atoms with Gasteiger partial charge in [-0.2, -0.15) is 0 Å². The highest BCUT2D eigenvalue weighted by Crippen LogP contribution is 2.20. The summed E-state index contributed by atoms with van der Waals surface area (Å²) in [6.07, 6.45) is 4.46. The van der Waals surface area contributed by atoms with Gasteiger partial charge >= 0.3 is 0 Å². The molecule has 0 N–H and O–H groups in total. The highest BCUT2D eigenvalue weighted by molar-refractivity contribution is 8.13. The first-order valence-electron chi connectivity index (χ1n) is 5.66. The van der Waals surface area contributed by atoms with E-state index < -0.39 is 9.05 Å². The summed E-state index contributed by atoms with van der Waals surface area (Å²) in [6.45, 7) is 5.33. The zero-order valence-electron chi connectivity index (χ0n) is 9.28. The van der Waals surface area contributed by atoms with Crippen molar-refractivity contribution in [3.05, 3.63) is 0 Å². The van der Waals surface area contributed by atoms with Gasteiger partial charge in [0.2, 0.25) is 9.05 Å². The molecule has 0 aliphatic carbocycles. The number of hydrogen-bond donors (Lipinski definition) is 0. The molecular formula is C10H20ClNO2S. The molecule has 15 heavy (non-hydrogen) atoms. The highest BCUT2D eigenvalue weighted by atomic mass is 35.7. The molecule has 1 atom stereocenters. The summed E-state index contributed by atoms with van der Waals surface area (Å²) < 4.78 is 21.4. The maximum absolute atomic E-state index is 10.7. The number of halogens is 1. The van der Waals surface area contributed by atoms with E-state index in [1.165, 1.54) is 19.3 Å². The zero-order chi connectivity index (χ0) is 11.3. The maximum atomic E-state index is 10.7. The van der Waals surface area contributed by atoms with E-state index in [0.29, 0.717) is 6.42 Å². The van der Waals surface area contributed by atoms with Crippen molar-refractivity contribution < 1.29 is 8.42 Å². The Labute approximate surface area is 97.2 Å². The van der Waals surface area contributed by atoms with Crippen LogP contribution in [0.25, 0.3) is 0 Å². The lowest BCUT2D eigenvalue weighted by atomic mass is 10.0. The first kappa shape index (κ1) is 13.3. The van der Waals surface area contributed by atoms with Gasteiger partial charge in [0, 0.05) is 17.2 Å². The van der Waals surface area contributed by atoms with Crippen LogP contribution >= 0.6 is 10.7 Å². The molecule has 3 nitrogen and oxygen atoms in total. The van der Waals surface area contributed by atoms with Gasteiger partial charge in [-0.1, -0.05) is 13.3 Å². The van der Waals surface area contributed by atoms with Gasteiger partial charge in [-0.3, -0.25) is 0 Å².